The van der Waals surface area contributed by atoms with Crippen LogP contribution >= 0.6 is 0 Å². The van der Waals surface area contributed by atoms with Gasteiger partial charge in [0.05, 0.1) is 25.3 Å². The molecule has 2 unspecified atom stereocenters. The average molecular weight is 705 g/mol. The number of benzene rings is 6. The molecule has 0 spiro atoms. The largest absolute Gasteiger partial charge is 0.491 e. The molecule has 9 nitrogen and oxygen atoms in total. The number of ether oxygens (including phenoxy) is 3. The van der Waals surface area contributed by atoms with Gasteiger partial charge in [-0.1, -0.05) is 48.5 Å². The van der Waals surface area contributed by atoms with Crippen LogP contribution in [-0.2, 0) is 4.74 Å². The van der Waals surface area contributed by atoms with Crippen LogP contribution in [0.25, 0.3) is 22.3 Å². The maximum atomic E-state index is 6.28. The second kappa shape index (κ2) is 14.0. The van der Waals surface area contributed by atoms with Crippen molar-refractivity contribution >= 4 is 34.1 Å². The highest BCUT2D eigenvalue weighted by Crippen LogP contribution is 2.49. The molecule has 6 aromatic rings. The first-order valence-electron chi connectivity index (χ1n) is 17.8. The minimum Gasteiger partial charge on any atom is -0.491 e. The summed E-state index contributed by atoms with van der Waals surface area (Å²) in [6.07, 6.45) is 0. The van der Waals surface area contributed by atoms with Crippen LogP contribution in [0.15, 0.2) is 121 Å². The van der Waals surface area contributed by atoms with Crippen LogP contribution in [-0.4, -0.2) is 40.5 Å². The quantitative estimate of drug-likeness (QED) is 0.0828. The van der Waals surface area contributed by atoms with Crippen molar-refractivity contribution in [2.24, 2.45) is 0 Å². The van der Waals surface area contributed by atoms with E-state index in [1.165, 1.54) is 0 Å². The predicted octanol–water partition coefficient (Wildman–Crippen LogP) is 7.90. The highest BCUT2D eigenvalue weighted by molar-refractivity contribution is 5.89. The number of nitrogen functional groups attached to an aromatic ring is 4. The minimum absolute atomic E-state index is 0.0563. The molecule has 53 heavy (non-hydrogen) atoms. The zero-order valence-electron chi connectivity index (χ0n) is 30.0. The zero-order chi connectivity index (χ0) is 36.6. The van der Waals surface area contributed by atoms with E-state index in [0.717, 1.165) is 90.1 Å². The molecule has 0 amide bonds. The van der Waals surface area contributed by atoms with Crippen LogP contribution in [0, 0.1) is 0 Å². The lowest BCUT2D eigenvalue weighted by molar-refractivity contribution is 0.0764. The molecule has 0 saturated carbocycles. The number of fused-ring (bicyclic) bond motifs is 6. The van der Waals surface area contributed by atoms with Gasteiger partial charge in [0.1, 0.15) is 24.7 Å². The van der Waals surface area contributed by atoms with Crippen LogP contribution in [0.4, 0.5) is 34.1 Å². The standard InChI is InChI=1S/C44H44N6O3/c1-49-41-25-31(47)11-15-37(41)35-13-9-29(45)23-39(35)43(49)27-5-3-7-33(21-27)52-19-17-51-18-20-53-34-8-4-6-28(22-34)44-40-24-30(46)10-14-36(40)38-16-12-32(48)26-42(38)50(44)2/h3-16,21-26,43-44H,17-20,45-48H2,1-2H3. The molecule has 2 aliphatic rings. The topological polar surface area (TPSA) is 138 Å². The summed E-state index contributed by atoms with van der Waals surface area (Å²) in [7, 11) is 4.18. The van der Waals surface area contributed by atoms with Crippen molar-refractivity contribution in [1.29, 1.82) is 0 Å². The van der Waals surface area contributed by atoms with Crippen molar-refractivity contribution in [1.82, 2.24) is 0 Å². The smallest absolute Gasteiger partial charge is 0.119 e. The number of nitrogens with two attached hydrogens (primary N) is 4. The van der Waals surface area contributed by atoms with E-state index in [-0.39, 0.29) is 12.1 Å². The SMILES string of the molecule is CN1c2cc(N)ccc2-c2ccc(N)cc2C1c1cccc(OCCOCCOc2cccc(C3c4cc(N)ccc4-c4ccc(N)cc4N3C)c2)c1. The lowest BCUT2D eigenvalue weighted by Gasteiger charge is -2.38. The number of rotatable bonds is 10. The van der Waals surface area contributed by atoms with Crippen molar-refractivity contribution in [3.63, 3.8) is 0 Å². The Morgan fingerprint density at radius 3 is 1.28 bits per heavy atom. The molecule has 2 aliphatic heterocycles. The van der Waals surface area contributed by atoms with Gasteiger partial charge in [-0.2, -0.15) is 0 Å². The molecule has 2 atom stereocenters. The monoisotopic (exact) mass is 704 g/mol. The Labute approximate surface area is 310 Å². The first-order chi connectivity index (χ1) is 25.7. The summed E-state index contributed by atoms with van der Waals surface area (Å²) >= 11 is 0. The van der Waals surface area contributed by atoms with Crippen molar-refractivity contribution in [2.45, 2.75) is 12.1 Å². The van der Waals surface area contributed by atoms with Crippen molar-refractivity contribution in [3.05, 3.63) is 144 Å². The molecule has 0 bridgehead atoms. The van der Waals surface area contributed by atoms with Crippen LogP contribution in [0.3, 0.4) is 0 Å². The van der Waals surface area contributed by atoms with E-state index in [4.69, 9.17) is 37.1 Å². The first-order valence-corrected chi connectivity index (χ1v) is 17.8. The summed E-state index contributed by atoms with van der Waals surface area (Å²) in [4.78, 5) is 4.51. The van der Waals surface area contributed by atoms with E-state index in [0.29, 0.717) is 26.4 Å². The van der Waals surface area contributed by atoms with E-state index in [1.54, 1.807) is 0 Å². The summed E-state index contributed by atoms with van der Waals surface area (Å²) in [6.45, 7) is 1.67. The summed E-state index contributed by atoms with van der Waals surface area (Å²) in [6, 6.07) is 40.6. The summed E-state index contributed by atoms with van der Waals surface area (Å²) in [5, 5.41) is 0. The van der Waals surface area contributed by atoms with Crippen LogP contribution in [0.1, 0.15) is 34.3 Å². The first kappa shape index (κ1) is 33.8. The van der Waals surface area contributed by atoms with Crippen LogP contribution in [0.5, 0.6) is 11.5 Å². The summed E-state index contributed by atoms with van der Waals surface area (Å²) in [5.41, 5.74) is 39.1. The van der Waals surface area contributed by atoms with Gasteiger partial charge in [0, 0.05) is 59.3 Å². The van der Waals surface area contributed by atoms with E-state index in [1.807, 2.05) is 60.7 Å². The molecule has 0 saturated heterocycles. The van der Waals surface area contributed by atoms with E-state index in [9.17, 15) is 0 Å². The molecule has 268 valence electrons. The van der Waals surface area contributed by atoms with Gasteiger partial charge in [-0.3, -0.25) is 0 Å². The highest BCUT2D eigenvalue weighted by atomic mass is 16.5. The highest BCUT2D eigenvalue weighted by Gasteiger charge is 2.32. The number of hydrogen-bond donors (Lipinski definition) is 4. The Morgan fingerprint density at radius 2 is 0.849 bits per heavy atom. The molecule has 6 aromatic carbocycles. The fraction of sp³-hybridized carbons (Fsp3) is 0.182. The molecule has 0 aliphatic carbocycles. The Balaban J connectivity index is 0.878. The van der Waals surface area contributed by atoms with Crippen LogP contribution < -0.4 is 42.2 Å². The van der Waals surface area contributed by atoms with Gasteiger partial charge in [0.2, 0.25) is 0 Å². The van der Waals surface area contributed by atoms with E-state index < -0.39 is 0 Å². The van der Waals surface area contributed by atoms with Crippen molar-refractivity contribution in [2.75, 3.05) is 73.3 Å². The van der Waals surface area contributed by atoms with Gasteiger partial charge in [0.25, 0.3) is 0 Å². The Kier molecular flexibility index (Phi) is 8.94. The molecule has 0 radical (unpaired) electrons. The normalized spacial score (nSPS) is 15.6. The second-order valence-electron chi connectivity index (χ2n) is 13.7. The molecular formula is C44H44N6O3. The predicted molar refractivity (Wildman–Crippen MR) is 217 cm³/mol. The third-order valence-corrected chi connectivity index (χ3v) is 10.2. The Bertz CT molecular complexity index is 2150. The van der Waals surface area contributed by atoms with E-state index in [2.05, 4.69) is 84.6 Å². The van der Waals surface area contributed by atoms with Gasteiger partial charge in [-0.05, 0) is 106 Å². The molecule has 0 fully saturated rings. The number of hydrogen-bond acceptors (Lipinski definition) is 9. The fourth-order valence-electron chi connectivity index (χ4n) is 7.83. The van der Waals surface area contributed by atoms with E-state index >= 15 is 0 Å². The van der Waals surface area contributed by atoms with Gasteiger partial charge >= 0.3 is 0 Å². The van der Waals surface area contributed by atoms with Crippen LogP contribution in [0.2, 0.25) is 0 Å². The molecule has 9 heteroatoms. The Hall–Kier alpha value is -6.32. The molecular weight excluding hydrogens is 661 g/mol. The zero-order valence-corrected chi connectivity index (χ0v) is 30.0. The molecule has 8 rings (SSSR count). The summed E-state index contributed by atoms with van der Waals surface area (Å²) < 4.78 is 18.2. The fourth-order valence-corrected chi connectivity index (χ4v) is 7.83. The Morgan fingerprint density at radius 1 is 0.453 bits per heavy atom. The number of anilines is 6. The average Bonchev–Trinajstić information content (AvgIpc) is 3.15. The molecule has 8 N–H and O–H groups in total. The third kappa shape index (κ3) is 6.51. The maximum absolute atomic E-state index is 6.28. The number of nitrogens with zero attached hydrogens (tertiary/aromatic N) is 2. The lowest BCUT2D eigenvalue weighted by atomic mass is 9.84. The molecule has 2 heterocycles. The van der Waals surface area contributed by atoms with Crippen molar-refractivity contribution in [3.8, 4) is 33.8 Å². The van der Waals surface area contributed by atoms with Gasteiger partial charge in [-0.25, -0.2) is 0 Å². The van der Waals surface area contributed by atoms with Crippen molar-refractivity contribution < 1.29 is 14.2 Å². The second-order valence-corrected chi connectivity index (χ2v) is 13.7. The summed E-state index contributed by atoms with van der Waals surface area (Å²) in [5.74, 6) is 1.55. The van der Waals surface area contributed by atoms with Gasteiger partial charge in [-0.15, -0.1) is 0 Å². The minimum atomic E-state index is -0.0563. The molecule has 0 aromatic heterocycles. The van der Waals surface area contributed by atoms with Gasteiger partial charge in [0.15, 0.2) is 0 Å². The lowest BCUT2D eigenvalue weighted by Crippen LogP contribution is -2.29. The maximum Gasteiger partial charge on any atom is 0.119 e. The van der Waals surface area contributed by atoms with Gasteiger partial charge < -0.3 is 46.9 Å². The third-order valence-electron chi connectivity index (χ3n) is 10.2.